The monoisotopic (exact) mass is 342 g/mol. The molecule has 1 aliphatic rings. The van der Waals surface area contributed by atoms with Gasteiger partial charge in [0.1, 0.15) is 0 Å². The van der Waals surface area contributed by atoms with Gasteiger partial charge in [-0.25, -0.2) is 4.98 Å². The summed E-state index contributed by atoms with van der Waals surface area (Å²) in [4.78, 5) is 6.81. The van der Waals surface area contributed by atoms with Gasteiger partial charge in [-0.05, 0) is 56.3 Å². The second kappa shape index (κ2) is 6.79. The summed E-state index contributed by atoms with van der Waals surface area (Å²) in [5, 5.41) is 7.86. The zero-order chi connectivity index (χ0) is 16.4. The molecule has 0 bridgehead atoms. The van der Waals surface area contributed by atoms with Gasteiger partial charge in [-0.3, -0.25) is 10.00 Å². The number of nitrogens with zero attached hydrogens (tertiary/aromatic N) is 3. The van der Waals surface area contributed by atoms with Crippen LogP contribution in [-0.2, 0) is 6.54 Å². The van der Waals surface area contributed by atoms with Crippen molar-refractivity contribution < 1.29 is 4.42 Å². The van der Waals surface area contributed by atoms with Gasteiger partial charge in [0.15, 0.2) is 5.76 Å². The van der Waals surface area contributed by atoms with Crippen LogP contribution in [-0.4, -0.2) is 33.2 Å². The quantitative estimate of drug-likeness (QED) is 0.775. The highest BCUT2D eigenvalue weighted by Crippen LogP contribution is 2.28. The van der Waals surface area contributed by atoms with Crippen molar-refractivity contribution in [2.45, 2.75) is 25.3 Å². The van der Waals surface area contributed by atoms with E-state index >= 15 is 0 Å². The largest absolute Gasteiger partial charge is 0.439 e. The van der Waals surface area contributed by atoms with Crippen LogP contribution in [0.15, 0.2) is 47.1 Å². The Morgan fingerprint density at radius 3 is 2.67 bits per heavy atom. The molecule has 3 aromatic rings. The summed E-state index contributed by atoms with van der Waals surface area (Å²) in [7, 11) is 0. The predicted molar refractivity (Wildman–Crippen MR) is 92.8 cm³/mol. The Morgan fingerprint density at radius 1 is 1.17 bits per heavy atom. The van der Waals surface area contributed by atoms with E-state index in [0.717, 1.165) is 54.7 Å². The van der Waals surface area contributed by atoms with Crippen molar-refractivity contribution in [2.24, 2.45) is 0 Å². The van der Waals surface area contributed by atoms with Gasteiger partial charge in [0.25, 0.3) is 0 Å². The average molecular weight is 343 g/mol. The van der Waals surface area contributed by atoms with Crippen molar-refractivity contribution in [2.75, 3.05) is 13.1 Å². The smallest absolute Gasteiger partial charge is 0.209 e. The number of rotatable bonds is 4. The number of nitrogens with one attached hydrogen (secondary N) is 1. The van der Waals surface area contributed by atoms with E-state index in [2.05, 4.69) is 26.1 Å². The second-order valence-electron chi connectivity index (χ2n) is 6.19. The number of oxazole rings is 1. The zero-order valence-corrected chi connectivity index (χ0v) is 14.0. The number of halogens is 1. The second-order valence-corrected chi connectivity index (χ2v) is 6.62. The Morgan fingerprint density at radius 2 is 1.96 bits per heavy atom. The third kappa shape index (κ3) is 3.37. The molecule has 1 fully saturated rings. The van der Waals surface area contributed by atoms with Gasteiger partial charge >= 0.3 is 0 Å². The first-order chi connectivity index (χ1) is 11.8. The van der Waals surface area contributed by atoms with Crippen molar-refractivity contribution in [1.82, 2.24) is 20.1 Å². The molecule has 0 amide bonds. The lowest BCUT2D eigenvalue weighted by molar-refractivity contribution is 0.187. The van der Waals surface area contributed by atoms with Crippen LogP contribution in [0.25, 0.3) is 11.3 Å². The van der Waals surface area contributed by atoms with Gasteiger partial charge in [0, 0.05) is 28.4 Å². The van der Waals surface area contributed by atoms with Gasteiger partial charge in [0.05, 0.1) is 12.7 Å². The fourth-order valence-corrected chi connectivity index (χ4v) is 3.34. The lowest BCUT2D eigenvalue weighted by Gasteiger charge is -2.30. The third-order valence-corrected chi connectivity index (χ3v) is 4.84. The normalized spacial score (nSPS) is 16.5. The molecule has 0 aliphatic carbocycles. The summed E-state index contributed by atoms with van der Waals surface area (Å²) in [6, 6.07) is 9.69. The first-order valence-electron chi connectivity index (χ1n) is 8.20. The summed E-state index contributed by atoms with van der Waals surface area (Å²) >= 11 is 5.92. The molecule has 6 heteroatoms. The Labute approximate surface area is 145 Å². The number of hydrogen-bond donors (Lipinski definition) is 1. The first-order valence-corrected chi connectivity index (χ1v) is 8.58. The van der Waals surface area contributed by atoms with Gasteiger partial charge in [-0.1, -0.05) is 11.6 Å². The number of likely N-dealkylation sites (tertiary alicyclic amines) is 1. The third-order valence-electron chi connectivity index (χ3n) is 4.59. The molecule has 0 radical (unpaired) electrons. The molecule has 0 spiro atoms. The molecule has 0 unspecified atom stereocenters. The minimum atomic E-state index is 0.581. The number of benzene rings is 1. The van der Waals surface area contributed by atoms with Crippen molar-refractivity contribution in [3.8, 4) is 11.3 Å². The molecule has 5 nitrogen and oxygen atoms in total. The molecule has 0 atom stereocenters. The van der Waals surface area contributed by atoms with Gasteiger partial charge < -0.3 is 4.42 Å². The van der Waals surface area contributed by atoms with Crippen LogP contribution in [0.3, 0.4) is 0 Å². The number of aromatic nitrogens is 3. The number of hydrogen-bond acceptors (Lipinski definition) is 4. The van der Waals surface area contributed by atoms with E-state index < -0.39 is 0 Å². The van der Waals surface area contributed by atoms with Gasteiger partial charge in [0.2, 0.25) is 5.89 Å². The Hall–Kier alpha value is -2.11. The molecular weight excluding hydrogens is 324 g/mol. The van der Waals surface area contributed by atoms with Crippen molar-refractivity contribution >= 4 is 11.6 Å². The van der Waals surface area contributed by atoms with Crippen molar-refractivity contribution in [1.29, 1.82) is 0 Å². The van der Waals surface area contributed by atoms with Crippen LogP contribution in [0.2, 0.25) is 5.02 Å². The zero-order valence-electron chi connectivity index (χ0n) is 13.3. The number of H-pyrrole nitrogens is 1. The Kier molecular flexibility index (Phi) is 4.36. The summed E-state index contributed by atoms with van der Waals surface area (Å²) in [5.41, 5.74) is 2.24. The van der Waals surface area contributed by atoms with E-state index in [1.807, 2.05) is 30.5 Å². The molecule has 1 aromatic carbocycles. The molecule has 0 saturated carbocycles. The Bertz CT molecular complexity index is 774. The standard InChI is InChI=1S/C18H19ClN4O/c19-15-3-1-14(2-4-15)17-11-20-18(24-17)12-23-9-6-13(7-10-23)16-5-8-21-22-16/h1-5,8,11,13H,6-7,9-10,12H2,(H,21,22). The topological polar surface area (TPSA) is 58.0 Å². The van der Waals surface area contributed by atoms with Gasteiger partial charge in [-0.2, -0.15) is 5.10 Å². The SMILES string of the molecule is Clc1ccc(-c2cnc(CN3CCC(c4ccn[nH]4)CC3)o2)cc1. The summed E-state index contributed by atoms with van der Waals surface area (Å²) < 4.78 is 5.90. The highest BCUT2D eigenvalue weighted by atomic mass is 35.5. The maximum absolute atomic E-state index is 5.92. The van der Waals surface area contributed by atoms with E-state index in [1.165, 1.54) is 5.69 Å². The minimum absolute atomic E-state index is 0.581. The van der Waals surface area contributed by atoms with Crippen LogP contribution in [0.4, 0.5) is 0 Å². The molecule has 1 aliphatic heterocycles. The summed E-state index contributed by atoms with van der Waals surface area (Å²) in [6.07, 6.45) is 5.88. The fraction of sp³-hybridized carbons (Fsp3) is 0.333. The maximum Gasteiger partial charge on any atom is 0.209 e. The highest BCUT2D eigenvalue weighted by molar-refractivity contribution is 6.30. The van der Waals surface area contributed by atoms with E-state index in [-0.39, 0.29) is 0 Å². The molecule has 24 heavy (non-hydrogen) atoms. The molecule has 3 heterocycles. The highest BCUT2D eigenvalue weighted by Gasteiger charge is 2.22. The molecule has 1 saturated heterocycles. The lowest BCUT2D eigenvalue weighted by Crippen LogP contribution is -2.32. The lowest BCUT2D eigenvalue weighted by atomic mass is 9.94. The predicted octanol–water partition coefficient (Wildman–Crippen LogP) is 4.10. The number of piperidine rings is 1. The summed E-state index contributed by atoms with van der Waals surface area (Å²) in [5.74, 6) is 2.13. The number of aromatic amines is 1. The van der Waals surface area contributed by atoms with Crippen LogP contribution in [0.1, 0.15) is 30.3 Å². The van der Waals surface area contributed by atoms with Gasteiger partial charge in [-0.15, -0.1) is 0 Å². The van der Waals surface area contributed by atoms with E-state index in [0.29, 0.717) is 5.92 Å². The van der Waals surface area contributed by atoms with E-state index in [4.69, 9.17) is 16.0 Å². The fourth-order valence-electron chi connectivity index (χ4n) is 3.22. The maximum atomic E-state index is 5.92. The van der Waals surface area contributed by atoms with E-state index in [1.54, 1.807) is 6.20 Å². The first kappa shape index (κ1) is 15.4. The average Bonchev–Trinajstić information content (AvgIpc) is 3.28. The molecule has 2 aromatic heterocycles. The minimum Gasteiger partial charge on any atom is -0.439 e. The molecule has 1 N–H and O–H groups in total. The summed E-state index contributed by atoms with van der Waals surface area (Å²) in [6.45, 7) is 2.84. The van der Waals surface area contributed by atoms with Crippen molar-refractivity contribution in [3.05, 3.63) is 59.3 Å². The molecule has 124 valence electrons. The van der Waals surface area contributed by atoms with E-state index in [9.17, 15) is 0 Å². The van der Waals surface area contributed by atoms with Crippen LogP contribution >= 0.6 is 11.6 Å². The van der Waals surface area contributed by atoms with Crippen LogP contribution in [0, 0.1) is 0 Å². The van der Waals surface area contributed by atoms with Crippen LogP contribution < -0.4 is 0 Å². The van der Waals surface area contributed by atoms with Crippen LogP contribution in [0.5, 0.6) is 0 Å². The Balaban J connectivity index is 1.36. The van der Waals surface area contributed by atoms with Crippen molar-refractivity contribution in [3.63, 3.8) is 0 Å². The molecular formula is C18H19ClN4O. The molecule has 4 rings (SSSR count).